The van der Waals surface area contributed by atoms with Crippen LogP contribution in [0.15, 0.2) is 67.0 Å². The van der Waals surface area contributed by atoms with E-state index in [1.54, 1.807) is 28.8 Å². The van der Waals surface area contributed by atoms with Gasteiger partial charge in [-0.15, -0.1) is 10.2 Å². The Hall–Kier alpha value is -3.61. The topological polar surface area (TPSA) is 72.2 Å². The quantitative estimate of drug-likeness (QED) is 0.616. The van der Waals surface area contributed by atoms with Crippen LogP contribution in [0.1, 0.15) is 5.56 Å². The van der Waals surface area contributed by atoms with Gasteiger partial charge in [-0.3, -0.25) is 4.79 Å². The molecule has 2 aromatic carbocycles. The molecule has 2 aromatic heterocycles. The van der Waals surface area contributed by atoms with Crippen molar-refractivity contribution in [2.45, 2.75) is 6.42 Å². The molecule has 0 saturated heterocycles. The van der Waals surface area contributed by atoms with Gasteiger partial charge in [0.15, 0.2) is 5.65 Å². The van der Waals surface area contributed by atoms with E-state index < -0.39 is 0 Å². The lowest BCUT2D eigenvalue weighted by Crippen LogP contribution is -2.15. The number of carbonyl (C=O) groups is 1. The van der Waals surface area contributed by atoms with Crippen LogP contribution in [-0.4, -0.2) is 25.7 Å². The first kappa shape index (κ1) is 15.9. The van der Waals surface area contributed by atoms with E-state index in [0.29, 0.717) is 16.9 Å². The monoisotopic (exact) mass is 347 g/mol. The van der Waals surface area contributed by atoms with Crippen LogP contribution in [0, 0.1) is 5.82 Å². The SMILES string of the molecule is O=C(Cc1ccccc1F)Nc1cccc(-c2ccc3nncn3n2)c1. The zero-order valence-electron chi connectivity index (χ0n) is 13.6. The summed E-state index contributed by atoms with van der Waals surface area (Å²) >= 11 is 0. The van der Waals surface area contributed by atoms with Crippen LogP contribution < -0.4 is 5.32 Å². The van der Waals surface area contributed by atoms with E-state index in [-0.39, 0.29) is 18.1 Å². The van der Waals surface area contributed by atoms with Crippen LogP contribution in [0.3, 0.4) is 0 Å². The van der Waals surface area contributed by atoms with E-state index >= 15 is 0 Å². The predicted octanol–water partition coefficient (Wildman–Crippen LogP) is 3.11. The van der Waals surface area contributed by atoms with Crippen molar-refractivity contribution in [3.63, 3.8) is 0 Å². The number of hydrogen-bond donors (Lipinski definition) is 1. The van der Waals surface area contributed by atoms with Crippen molar-refractivity contribution in [3.8, 4) is 11.3 Å². The largest absolute Gasteiger partial charge is 0.326 e. The van der Waals surface area contributed by atoms with E-state index in [4.69, 9.17) is 0 Å². The Morgan fingerprint density at radius 2 is 1.96 bits per heavy atom. The molecule has 0 unspecified atom stereocenters. The van der Waals surface area contributed by atoms with Gasteiger partial charge in [0.05, 0.1) is 12.1 Å². The summed E-state index contributed by atoms with van der Waals surface area (Å²) in [5, 5.41) is 15.0. The third kappa shape index (κ3) is 3.27. The molecular weight excluding hydrogens is 333 g/mol. The Balaban J connectivity index is 1.54. The molecule has 0 aliphatic rings. The molecule has 0 fully saturated rings. The van der Waals surface area contributed by atoms with E-state index in [2.05, 4.69) is 20.6 Å². The minimum absolute atomic E-state index is 0.0260. The van der Waals surface area contributed by atoms with E-state index in [9.17, 15) is 9.18 Å². The number of nitrogens with zero attached hydrogens (tertiary/aromatic N) is 4. The highest BCUT2D eigenvalue weighted by atomic mass is 19.1. The van der Waals surface area contributed by atoms with Crippen molar-refractivity contribution in [1.82, 2.24) is 19.8 Å². The fraction of sp³-hybridized carbons (Fsp3) is 0.0526. The number of aromatic nitrogens is 4. The second kappa shape index (κ2) is 6.72. The fourth-order valence-electron chi connectivity index (χ4n) is 2.66. The van der Waals surface area contributed by atoms with Crippen molar-refractivity contribution in [2.75, 3.05) is 5.32 Å². The minimum atomic E-state index is -0.386. The molecule has 0 radical (unpaired) electrons. The second-order valence-corrected chi connectivity index (χ2v) is 5.75. The highest BCUT2D eigenvalue weighted by Crippen LogP contribution is 2.21. The fourth-order valence-corrected chi connectivity index (χ4v) is 2.66. The van der Waals surface area contributed by atoms with Crippen LogP contribution in [0.2, 0.25) is 0 Å². The van der Waals surface area contributed by atoms with Crippen LogP contribution >= 0.6 is 0 Å². The lowest BCUT2D eigenvalue weighted by atomic mass is 10.1. The highest BCUT2D eigenvalue weighted by molar-refractivity contribution is 5.92. The van der Waals surface area contributed by atoms with Gasteiger partial charge in [0.1, 0.15) is 12.1 Å². The third-order valence-corrected chi connectivity index (χ3v) is 3.91. The first-order valence-electron chi connectivity index (χ1n) is 8.00. The molecule has 0 atom stereocenters. The summed E-state index contributed by atoms with van der Waals surface area (Å²) in [5.41, 5.74) is 3.20. The average Bonchev–Trinajstić information content (AvgIpc) is 3.11. The van der Waals surface area contributed by atoms with E-state index in [0.717, 1.165) is 11.3 Å². The first-order chi connectivity index (χ1) is 12.7. The smallest absolute Gasteiger partial charge is 0.228 e. The van der Waals surface area contributed by atoms with Gasteiger partial charge in [-0.25, -0.2) is 4.39 Å². The van der Waals surface area contributed by atoms with Gasteiger partial charge in [-0.05, 0) is 35.9 Å². The molecule has 4 rings (SSSR count). The number of nitrogens with one attached hydrogen (secondary N) is 1. The third-order valence-electron chi connectivity index (χ3n) is 3.91. The number of anilines is 1. The molecule has 0 saturated carbocycles. The van der Waals surface area contributed by atoms with Gasteiger partial charge in [0.2, 0.25) is 5.91 Å². The maximum absolute atomic E-state index is 13.7. The number of benzene rings is 2. The Kier molecular flexibility index (Phi) is 4.10. The lowest BCUT2D eigenvalue weighted by Gasteiger charge is -2.08. The summed E-state index contributed by atoms with van der Waals surface area (Å²) in [4.78, 5) is 12.2. The van der Waals surface area contributed by atoms with Gasteiger partial charge in [0, 0.05) is 11.3 Å². The molecule has 26 heavy (non-hydrogen) atoms. The molecule has 0 aliphatic heterocycles. The number of halogens is 1. The summed E-state index contributed by atoms with van der Waals surface area (Å²) < 4.78 is 15.3. The Labute approximate surface area is 148 Å². The molecule has 0 aliphatic carbocycles. The molecular formula is C19H14FN5O. The van der Waals surface area contributed by atoms with Crippen LogP contribution in [0.4, 0.5) is 10.1 Å². The maximum Gasteiger partial charge on any atom is 0.228 e. The number of amides is 1. The maximum atomic E-state index is 13.7. The van der Waals surface area contributed by atoms with Gasteiger partial charge < -0.3 is 5.32 Å². The number of hydrogen-bond acceptors (Lipinski definition) is 4. The molecule has 0 bridgehead atoms. The van der Waals surface area contributed by atoms with Crippen molar-refractivity contribution in [2.24, 2.45) is 0 Å². The van der Waals surface area contributed by atoms with Crippen LogP contribution in [-0.2, 0) is 11.2 Å². The average molecular weight is 347 g/mol. The van der Waals surface area contributed by atoms with Crippen LogP contribution in [0.25, 0.3) is 16.9 Å². The summed E-state index contributed by atoms with van der Waals surface area (Å²) in [6.07, 6.45) is 1.50. The summed E-state index contributed by atoms with van der Waals surface area (Å²) in [5.74, 6) is -0.669. The van der Waals surface area contributed by atoms with Gasteiger partial charge in [0.25, 0.3) is 0 Å². The first-order valence-corrected chi connectivity index (χ1v) is 8.00. The number of carbonyl (C=O) groups excluding carboxylic acids is 1. The molecule has 7 heteroatoms. The minimum Gasteiger partial charge on any atom is -0.326 e. The van der Waals surface area contributed by atoms with Crippen molar-refractivity contribution >= 4 is 17.2 Å². The lowest BCUT2D eigenvalue weighted by molar-refractivity contribution is -0.115. The second-order valence-electron chi connectivity index (χ2n) is 5.75. The molecule has 6 nitrogen and oxygen atoms in total. The van der Waals surface area contributed by atoms with Gasteiger partial charge in [-0.2, -0.15) is 9.61 Å². The molecule has 1 amide bonds. The standard InChI is InChI=1S/C19H14FN5O/c20-16-7-2-1-4-13(16)11-19(26)22-15-6-3-5-14(10-15)17-8-9-18-23-21-12-25(18)24-17/h1-10,12H,11H2,(H,22,26). The molecule has 128 valence electrons. The Bertz CT molecular complexity index is 1090. The highest BCUT2D eigenvalue weighted by Gasteiger charge is 2.09. The number of fused-ring (bicyclic) bond motifs is 1. The van der Waals surface area contributed by atoms with E-state index in [1.807, 2.05) is 30.3 Å². The van der Waals surface area contributed by atoms with Gasteiger partial charge in [-0.1, -0.05) is 30.3 Å². The summed E-state index contributed by atoms with van der Waals surface area (Å²) in [7, 11) is 0. The van der Waals surface area contributed by atoms with Gasteiger partial charge >= 0.3 is 0 Å². The summed E-state index contributed by atoms with van der Waals surface area (Å²) in [6.45, 7) is 0. The molecule has 1 N–H and O–H groups in total. The summed E-state index contributed by atoms with van der Waals surface area (Å²) in [6, 6.07) is 17.2. The van der Waals surface area contributed by atoms with Crippen LogP contribution in [0.5, 0.6) is 0 Å². The van der Waals surface area contributed by atoms with Crippen molar-refractivity contribution in [1.29, 1.82) is 0 Å². The van der Waals surface area contributed by atoms with E-state index in [1.165, 1.54) is 12.4 Å². The zero-order chi connectivity index (χ0) is 17.9. The predicted molar refractivity (Wildman–Crippen MR) is 95.0 cm³/mol. The Morgan fingerprint density at radius 1 is 1.08 bits per heavy atom. The van der Waals surface area contributed by atoms with Crippen molar-refractivity contribution in [3.05, 3.63) is 78.4 Å². The van der Waals surface area contributed by atoms with Crippen molar-refractivity contribution < 1.29 is 9.18 Å². The normalized spacial score (nSPS) is 10.8. The Morgan fingerprint density at radius 3 is 2.85 bits per heavy atom. The number of rotatable bonds is 4. The zero-order valence-corrected chi connectivity index (χ0v) is 13.6. The molecule has 2 heterocycles. The molecule has 4 aromatic rings. The molecule has 0 spiro atoms.